The van der Waals surface area contributed by atoms with Gasteiger partial charge in [-0.2, -0.15) is 0 Å². The number of hydrogen-bond donors (Lipinski definition) is 2. The van der Waals surface area contributed by atoms with Gasteiger partial charge in [0.25, 0.3) is 5.56 Å². The van der Waals surface area contributed by atoms with Crippen molar-refractivity contribution in [3.05, 3.63) is 40.2 Å². The third kappa shape index (κ3) is 5.09. The molecular weight excluding hydrogens is 332 g/mol. The van der Waals surface area contributed by atoms with Crippen LogP contribution >= 0.6 is 0 Å². The van der Waals surface area contributed by atoms with E-state index in [0.29, 0.717) is 16.8 Å². The number of ether oxygens (including phenoxy) is 1. The first kappa shape index (κ1) is 18.0. The molecule has 0 spiro atoms. The molecule has 2 aromatic rings. The summed E-state index contributed by atoms with van der Waals surface area (Å²) in [6.07, 6.45) is 1.50. The molecule has 0 aliphatic carbocycles. The van der Waals surface area contributed by atoms with E-state index in [2.05, 4.69) is 10.3 Å². The summed E-state index contributed by atoms with van der Waals surface area (Å²) in [4.78, 5) is 26.6. The van der Waals surface area contributed by atoms with E-state index in [9.17, 15) is 18.0 Å². The van der Waals surface area contributed by atoms with E-state index < -0.39 is 9.84 Å². The fourth-order valence-corrected chi connectivity index (χ4v) is 2.73. The van der Waals surface area contributed by atoms with Crippen LogP contribution in [0.1, 0.15) is 12.0 Å². The van der Waals surface area contributed by atoms with E-state index in [4.69, 9.17) is 4.74 Å². The van der Waals surface area contributed by atoms with E-state index in [-0.39, 0.29) is 36.6 Å². The SMILES string of the molecule is COc1ccc2[nH]c(=O)c(CCC(=O)NCCS(C)(=O)=O)cc2c1. The van der Waals surface area contributed by atoms with Gasteiger partial charge in [0.2, 0.25) is 5.91 Å². The summed E-state index contributed by atoms with van der Waals surface area (Å²) >= 11 is 0. The molecule has 0 atom stereocenters. The second-order valence-electron chi connectivity index (χ2n) is 5.56. The number of aryl methyl sites for hydroxylation is 1. The van der Waals surface area contributed by atoms with Crippen LogP contribution in [0, 0.1) is 0 Å². The van der Waals surface area contributed by atoms with E-state index >= 15 is 0 Å². The van der Waals surface area contributed by atoms with Gasteiger partial charge in [-0.3, -0.25) is 9.59 Å². The summed E-state index contributed by atoms with van der Waals surface area (Å²) in [5.74, 6) is 0.289. The van der Waals surface area contributed by atoms with Crippen molar-refractivity contribution in [2.75, 3.05) is 25.7 Å². The third-order valence-electron chi connectivity index (χ3n) is 3.54. The molecule has 1 amide bonds. The monoisotopic (exact) mass is 352 g/mol. The van der Waals surface area contributed by atoms with Crippen LogP contribution in [0.2, 0.25) is 0 Å². The summed E-state index contributed by atoms with van der Waals surface area (Å²) in [5, 5.41) is 3.35. The van der Waals surface area contributed by atoms with Gasteiger partial charge in [0.15, 0.2) is 0 Å². The number of methoxy groups -OCH3 is 1. The summed E-state index contributed by atoms with van der Waals surface area (Å²) in [6.45, 7) is 0.0724. The lowest BCUT2D eigenvalue weighted by Gasteiger charge is -2.06. The normalized spacial score (nSPS) is 11.4. The number of aromatic amines is 1. The Labute approximate surface area is 139 Å². The summed E-state index contributed by atoms with van der Waals surface area (Å²) in [7, 11) is -1.54. The largest absolute Gasteiger partial charge is 0.497 e. The van der Waals surface area contributed by atoms with Crippen molar-refractivity contribution in [3.8, 4) is 5.75 Å². The van der Waals surface area contributed by atoms with Crippen LogP contribution in [0.5, 0.6) is 5.75 Å². The first-order valence-electron chi connectivity index (χ1n) is 7.43. The maximum atomic E-state index is 12.0. The van der Waals surface area contributed by atoms with Crippen LogP contribution < -0.4 is 15.6 Å². The van der Waals surface area contributed by atoms with Gasteiger partial charge < -0.3 is 15.0 Å². The molecule has 130 valence electrons. The Morgan fingerprint density at radius 1 is 1.29 bits per heavy atom. The van der Waals surface area contributed by atoms with Crippen molar-refractivity contribution in [2.24, 2.45) is 0 Å². The molecule has 2 N–H and O–H groups in total. The number of rotatable bonds is 7. The van der Waals surface area contributed by atoms with Gasteiger partial charge >= 0.3 is 0 Å². The molecule has 0 aliphatic rings. The Kier molecular flexibility index (Phi) is 5.61. The molecule has 8 heteroatoms. The molecule has 1 aromatic carbocycles. The van der Waals surface area contributed by atoms with Crippen molar-refractivity contribution in [1.29, 1.82) is 0 Å². The number of fused-ring (bicyclic) bond motifs is 1. The number of pyridine rings is 1. The second kappa shape index (κ2) is 7.48. The van der Waals surface area contributed by atoms with E-state index in [1.54, 1.807) is 31.4 Å². The van der Waals surface area contributed by atoms with Crippen molar-refractivity contribution in [1.82, 2.24) is 10.3 Å². The average Bonchev–Trinajstić information content (AvgIpc) is 2.51. The van der Waals surface area contributed by atoms with Crippen LogP contribution in [-0.4, -0.2) is 45.0 Å². The zero-order chi connectivity index (χ0) is 17.7. The van der Waals surface area contributed by atoms with Gasteiger partial charge in [-0.1, -0.05) is 0 Å². The van der Waals surface area contributed by atoms with Gasteiger partial charge in [0.05, 0.1) is 12.9 Å². The minimum absolute atomic E-state index is 0.0724. The van der Waals surface area contributed by atoms with Gasteiger partial charge in [-0.05, 0) is 30.7 Å². The number of carbonyl (C=O) groups is 1. The first-order chi connectivity index (χ1) is 11.3. The standard InChI is InChI=1S/C16H20N2O5S/c1-23-13-4-5-14-12(10-13)9-11(16(20)18-14)3-6-15(19)17-7-8-24(2,21)22/h4-5,9-10H,3,6-8H2,1-2H3,(H,17,19)(H,18,20). The number of H-pyrrole nitrogens is 1. The number of benzene rings is 1. The minimum Gasteiger partial charge on any atom is -0.497 e. The van der Waals surface area contributed by atoms with Crippen LogP contribution in [0.15, 0.2) is 29.1 Å². The molecule has 2 rings (SSSR count). The predicted molar refractivity (Wildman–Crippen MR) is 92.2 cm³/mol. The van der Waals surface area contributed by atoms with Crippen LogP contribution in [0.25, 0.3) is 10.9 Å². The van der Waals surface area contributed by atoms with E-state index in [0.717, 1.165) is 11.6 Å². The average molecular weight is 352 g/mol. The highest BCUT2D eigenvalue weighted by molar-refractivity contribution is 7.90. The van der Waals surface area contributed by atoms with Crippen molar-refractivity contribution in [3.63, 3.8) is 0 Å². The predicted octanol–water partition coefficient (Wildman–Crippen LogP) is 0.630. The number of hydrogen-bond acceptors (Lipinski definition) is 5. The Hall–Kier alpha value is -2.35. The molecule has 0 saturated heterocycles. The highest BCUT2D eigenvalue weighted by atomic mass is 32.2. The van der Waals surface area contributed by atoms with Gasteiger partial charge in [-0.25, -0.2) is 8.42 Å². The Morgan fingerprint density at radius 2 is 2.04 bits per heavy atom. The number of aromatic nitrogens is 1. The number of amides is 1. The molecule has 0 saturated carbocycles. The second-order valence-corrected chi connectivity index (χ2v) is 7.82. The molecule has 0 radical (unpaired) electrons. The van der Waals surface area contributed by atoms with Gasteiger partial charge in [0, 0.05) is 35.7 Å². The maximum absolute atomic E-state index is 12.0. The third-order valence-corrected chi connectivity index (χ3v) is 4.49. The fraction of sp³-hybridized carbons (Fsp3) is 0.375. The minimum atomic E-state index is -3.11. The van der Waals surface area contributed by atoms with Gasteiger partial charge in [0.1, 0.15) is 15.6 Å². The zero-order valence-corrected chi connectivity index (χ0v) is 14.4. The molecule has 0 unspecified atom stereocenters. The van der Waals surface area contributed by atoms with Crippen LogP contribution in [-0.2, 0) is 21.1 Å². The lowest BCUT2D eigenvalue weighted by Crippen LogP contribution is -2.29. The maximum Gasteiger partial charge on any atom is 0.251 e. The number of carbonyl (C=O) groups excluding carboxylic acids is 1. The van der Waals surface area contributed by atoms with E-state index in [1.807, 2.05) is 0 Å². The smallest absolute Gasteiger partial charge is 0.251 e. The molecule has 0 bridgehead atoms. The Balaban J connectivity index is 2.02. The Morgan fingerprint density at radius 3 is 2.71 bits per heavy atom. The highest BCUT2D eigenvalue weighted by Crippen LogP contribution is 2.19. The van der Waals surface area contributed by atoms with Crippen molar-refractivity contribution >= 4 is 26.6 Å². The molecule has 0 aliphatic heterocycles. The van der Waals surface area contributed by atoms with Crippen molar-refractivity contribution < 1.29 is 17.9 Å². The molecular formula is C16H20N2O5S. The van der Waals surface area contributed by atoms with E-state index in [1.165, 1.54) is 0 Å². The lowest BCUT2D eigenvalue weighted by atomic mass is 10.1. The Bertz CT molecular complexity index is 902. The molecule has 7 nitrogen and oxygen atoms in total. The summed E-state index contributed by atoms with van der Waals surface area (Å²) < 4.78 is 27.2. The molecule has 1 heterocycles. The van der Waals surface area contributed by atoms with Gasteiger partial charge in [-0.15, -0.1) is 0 Å². The molecule has 1 aromatic heterocycles. The highest BCUT2D eigenvalue weighted by Gasteiger charge is 2.08. The quantitative estimate of drug-likeness (QED) is 0.760. The zero-order valence-electron chi connectivity index (χ0n) is 13.6. The van der Waals surface area contributed by atoms with Crippen LogP contribution in [0.3, 0.4) is 0 Å². The fourth-order valence-electron chi connectivity index (χ4n) is 2.26. The summed E-state index contributed by atoms with van der Waals surface area (Å²) in [5.41, 5.74) is 0.952. The van der Waals surface area contributed by atoms with Crippen molar-refractivity contribution in [2.45, 2.75) is 12.8 Å². The number of nitrogens with one attached hydrogen (secondary N) is 2. The van der Waals surface area contributed by atoms with Crippen LogP contribution in [0.4, 0.5) is 0 Å². The lowest BCUT2D eigenvalue weighted by molar-refractivity contribution is -0.120. The summed E-state index contributed by atoms with van der Waals surface area (Å²) in [6, 6.07) is 7.06. The molecule has 0 fully saturated rings. The molecule has 24 heavy (non-hydrogen) atoms. The first-order valence-corrected chi connectivity index (χ1v) is 9.49. The topological polar surface area (TPSA) is 105 Å². The number of sulfone groups is 1.